The largest absolute Gasteiger partial charge is 0.330 e. The molecule has 1 amide bonds. The SMILES string of the molecule is O=C(c1ncccc1Br)N(Cc1ccccc1F)C1CC1. The first kappa shape index (κ1) is 14.2. The van der Waals surface area contributed by atoms with E-state index < -0.39 is 0 Å². The van der Waals surface area contributed by atoms with E-state index in [4.69, 9.17) is 0 Å². The Labute approximate surface area is 130 Å². The number of hydrogen-bond acceptors (Lipinski definition) is 2. The van der Waals surface area contributed by atoms with Crippen molar-refractivity contribution in [2.24, 2.45) is 0 Å². The van der Waals surface area contributed by atoms with E-state index in [0.717, 1.165) is 12.8 Å². The van der Waals surface area contributed by atoms with E-state index in [0.29, 0.717) is 15.7 Å². The van der Waals surface area contributed by atoms with Crippen LogP contribution in [-0.4, -0.2) is 21.8 Å². The fourth-order valence-electron chi connectivity index (χ4n) is 2.24. The summed E-state index contributed by atoms with van der Waals surface area (Å²) < 4.78 is 14.5. The number of amides is 1. The van der Waals surface area contributed by atoms with Crippen molar-refractivity contribution in [3.63, 3.8) is 0 Å². The molecule has 21 heavy (non-hydrogen) atoms. The van der Waals surface area contributed by atoms with Crippen molar-refractivity contribution in [1.82, 2.24) is 9.88 Å². The molecule has 0 aliphatic heterocycles. The van der Waals surface area contributed by atoms with Gasteiger partial charge in [0.25, 0.3) is 5.91 Å². The summed E-state index contributed by atoms with van der Waals surface area (Å²) in [6.45, 7) is 0.277. The molecule has 1 saturated carbocycles. The van der Waals surface area contributed by atoms with Gasteiger partial charge in [0.2, 0.25) is 0 Å². The predicted molar refractivity (Wildman–Crippen MR) is 81.2 cm³/mol. The van der Waals surface area contributed by atoms with Crippen LogP contribution < -0.4 is 0 Å². The molecule has 0 saturated heterocycles. The second-order valence-corrected chi connectivity index (χ2v) is 5.94. The van der Waals surface area contributed by atoms with Gasteiger partial charge in [-0.05, 0) is 47.0 Å². The molecule has 3 rings (SSSR count). The van der Waals surface area contributed by atoms with Crippen LogP contribution in [0.15, 0.2) is 47.1 Å². The molecule has 0 bridgehead atoms. The molecule has 0 N–H and O–H groups in total. The first-order valence-electron chi connectivity index (χ1n) is 6.81. The second-order valence-electron chi connectivity index (χ2n) is 5.09. The summed E-state index contributed by atoms with van der Waals surface area (Å²) in [5.74, 6) is -0.440. The van der Waals surface area contributed by atoms with E-state index >= 15 is 0 Å². The minimum absolute atomic E-state index is 0.159. The zero-order valence-electron chi connectivity index (χ0n) is 11.3. The van der Waals surface area contributed by atoms with Crippen LogP contribution in [0.1, 0.15) is 28.9 Å². The Morgan fingerprint density at radius 3 is 2.71 bits per heavy atom. The topological polar surface area (TPSA) is 33.2 Å². The van der Waals surface area contributed by atoms with Gasteiger partial charge in [0.15, 0.2) is 0 Å². The van der Waals surface area contributed by atoms with Crippen LogP contribution >= 0.6 is 15.9 Å². The summed E-state index contributed by atoms with van der Waals surface area (Å²) in [6, 6.07) is 10.3. The number of halogens is 2. The molecule has 1 aromatic carbocycles. The van der Waals surface area contributed by atoms with Crippen molar-refractivity contribution < 1.29 is 9.18 Å². The Bertz CT molecular complexity index is 673. The van der Waals surface area contributed by atoms with Crippen LogP contribution in [-0.2, 0) is 6.54 Å². The van der Waals surface area contributed by atoms with Crippen molar-refractivity contribution in [3.05, 3.63) is 64.1 Å². The van der Waals surface area contributed by atoms with Crippen LogP contribution in [0, 0.1) is 5.82 Å². The van der Waals surface area contributed by atoms with Crippen molar-refractivity contribution >= 4 is 21.8 Å². The van der Waals surface area contributed by atoms with Crippen molar-refractivity contribution in [3.8, 4) is 0 Å². The maximum atomic E-state index is 13.8. The summed E-state index contributed by atoms with van der Waals surface area (Å²) >= 11 is 3.35. The van der Waals surface area contributed by atoms with Crippen LogP contribution in [0.4, 0.5) is 4.39 Å². The lowest BCUT2D eigenvalue weighted by atomic mass is 10.2. The zero-order valence-corrected chi connectivity index (χ0v) is 12.9. The van der Waals surface area contributed by atoms with Gasteiger partial charge in [-0.3, -0.25) is 4.79 Å². The molecule has 0 radical (unpaired) electrons. The number of aromatic nitrogens is 1. The Morgan fingerprint density at radius 1 is 1.29 bits per heavy atom. The molecule has 0 spiro atoms. The van der Waals surface area contributed by atoms with Gasteiger partial charge >= 0.3 is 0 Å². The van der Waals surface area contributed by atoms with E-state index in [9.17, 15) is 9.18 Å². The molecule has 2 aromatic rings. The van der Waals surface area contributed by atoms with Gasteiger partial charge in [-0.25, -0.2) is 9.37 Å². The van der Waals surface area contributed by atoms with Gasteiger partial charge in [0, 0.05) is 28.8 Å². The van der Waals surface area contributed by atoms with E-state index in [1.54, 1.807) is 41.4 Å². The number of rotatable bonds is 4. The lowest BCUT2D eigenvalue weighted by Gasteiger charge is -2.22. The highest BCUT2D eigenvalue weighted by Gasteiger charge is 2.34. The lowest BCUT2D eigenvalue weighted by Crippen LogP contribution is -2.33. The monoisotopic (exact) mass is 348 g/mol. The van der Waals surface area contributed by atoms with Crippen LogP contribution in [0.5, 0.6) is 0 Å². The summed E-state index contributed by atoms with van der Waals surface area (Å²) in [5.41, 5.74) is 0.908. The Morgan fingerprint density at radius 2 is 2.05 bits per heavy atom. The summed E-state index contributed by atoms with van der Waals surface area (Å²) in [5, 5.41) is 0. The average molecular weight is 349 g/mol. The number of hydrogen-bond donors (Lipinski definition) is 0. The van der Waals surface area contributed by atoms with Gasteiger partial charge in [0.05, 0.1) is 0 Å². The first-order chi connectivity index (χ1) is 10.2. The minimum atomic E-state index is -0.281. The fourth-order valence-corrected chi connectivity index (χ4v) is 2.67. The molecule has 1 aromatic heterocycles. The predicted octanol–water partition coefficient (Wildman–Crippen LogP) is 3.79. The molecule has 1 aliphatic carbocycles. The molecular formula is C16H14BrFN2O. The molecular weight excluding hydrogens is 335 g/mol. The van der Waals surface area contributed by atoms with Gasteiger partial charge in [0.1, 0.15) is 11.5 Å². The average Bonchev–Trinajstić information content (AvgIpc) is 3.31. The fraction of sp³-hybridized carbons (Fsp3) is 0.250. The van der Waals surface area contributed by atoms with Crippen LogP contribution in [0.3, 0.4) is 0 Å². The van der Waals surface area contributed by atoms with E-state index in [1.165, 1.54) is 6.07 Å². The molecule has 108 valence electrons. The molecule has 1 fully saturated rings. The quantitative estimate of drug-likeness (QED) is 0.842. The van der Waals surface area contributed by atoms with Crippen LogP contribution in [0.2, 0.25) is 0 Å². The smallest absolute Gasteiger partial charge is 0.274 e. The zero-order chi connectivity index (χ0) is 14.8. The summed E-state index contributed by atoms with van der Waals surface area (Å²) in [7, 11) is 0. The highest BCUT2D eigenvalue weighted by molar-refractivity contribution is 9.10. The highest BCUT2D eigenvalue weighted by atomic mass is 79.9. The van der Waals surface area contributed by atoms with Crippen LogP contribution in [0.25, 0.3) is 0 Å². The summed E-state index contributed by atoms with van der Waals surface area (Å²) in [4.78, 5) is 18.5. The normalized spacial score (nSPS) is 14.0. The standard InChI is InChI=1S/C16H14BrFN2O/c17-13-5-3-9-19-15(13)16(21)20(12-7-8-12)10-11-4-1-2-6-14(11)18/h1-6,9,12H,7-8,10H2. The maximum Gasteiger partial charge on any atom is 0.274 e. The number of carbonyl (C=O) groups excluding carboxylic acids is 1. The third-order valence-electron chi connectivity index (χ3n) is 3.51. The van der Waals surface area contributed by atoms with Gasteiger partial charge < -0.3 is 4.90 Å². The molecule has 5 heteroatoms. The Balaban J connectivity index is 1.87. The molecule has 0 atom stereocenters. The van der Waals surface area contributed by atoms with Crippen molar-refractivity contribution in [2.45, 2.75) is 25.4 Å². The molecule has 1 aliphatic rings. The number of nitrogens with zero attached hydrogens (tertiary/aromatic N) is 2. The molecule has 1 heterocycles. The van der Waals surface area contributed by atoms with E-state index in [2.05, 4.69) is 20.9 Å². The third kappa shape index (κ3) is 3.13. The maximum absolute atomic E-state index is 13.8. The van der Waals surface area contributed by atoms with Crippen molar-refractivity contribution in [2.75, 3.05) is 0 Å². The lowest BCUT2D eigenvalue weighted by molar-refractivity contribution is 0.0721. The third-order valence-corrected chi connectivity index (χ3v) is 4.15. The molecule has 0 unspecified atom stereocenters. The van der Waals surface area contributed by atoms with Gasteiger partial charge in [-0.1, -0.05) is 18.2 Å². The minimum Gasteiger partial charge on any atom is -0.330 e. The highest BCUT2D eigenvalue weighted by Crippen LogP contribution is 2.31. The van der Waals surface area contributed by atoms with Gasteiger partial charge in [-0.15, -0.1) is 0 Å². The number of benzene rings is 1. The summed E-state index contributed by atoms with van der Waals surface area (Å²) in [6.07, 6.45) is 3.52. The van der Waals surface area contributed by atoms with Crippen molar-refractivity contribution in [1.29, 1.82) is 0 Å². The first-order valence-corrected chi connectivity index (χ1v) is 7.61. The number of carbonyl (C=O) groups is 1. The van der Waals surface area contributed by atoms with E-state index in [1.807, 2.05) is 0 Å². The number of pyridine rings is 1. The Kier molecular flexibility index (Phi) is 4.01. The molecule has 3 nitrogen and oxygen atoms in total. The Hall–Kier alpha value is -1.75. The van der Waals surface area contributed by atoms with Gasteiger partial charge in [-0.2, -0.15) is 0 Å². The van der Waals surface area contributed by atoms with E-state index in [-0.39, 0.29) is 24.3 Å². The second kappa shape index (κ2) is 5.93.